The summed E-state index contributed by atoms with van der Waals surface area (Å²) in [6.45, 7) is 4.53. The van der Waals surface area contributed by atoms with E-state index in [0.717, 1.165) is 44.0 Å². The van der Waals surface area contributed by atoms with Crippen LogP contribution < -0.4 is 11.1 Å². The number of nitrogens with two attached hydrogens (primary N) is 1. The van der Waals surface area contributed by atoms with E-state index < -0.39 is 0 Å². The van der Waals surface area contributed by atoms with Gasteiger partial charge in [-0.2, -0.15) is 0 Å². The maximum Gasteiger partial charge on any atom is 0.251 e. The monoisotopic (exact) mass is 375 g/mol. The lowest BCUT2D eigenvalue weighted by Gasteiger charge is -2.31. The lowest BCUT2D eigenvalue weighted by Crippen LogP contribution is -2.43. The van der Waals surface area contributed by atoms with Gasteiger partial charge in [0.1, 0.15) is 0 Å². The Balaban J connectivity index is 0.00000243. The van der Waals surface area contributed by atoms with Crippen LogP contribution in [0.1, 0.15) is 27.5 Å². The molecule has 1 atom stereocenters. The summed E-state index contributed by atoms with van der Waals surface area (Å²) < 4.78 is 5.42. The molecule has 1 fully saturated rings. The zero-order valence-corrected chi connectivity index (χ0v) is 15.6. The highest BCUT2D eigenvalue weighted by Crippen LogP contribution is 2.16. The minimum absolute atomic E-state index is 0. The number of hydrogen-bond donors (Lipinski definition) is 2. The van der Waals surface area contributed by atoms with Gasteiger partial charge in [-0.1, -0.05) is 42.5 Å². The summed E-state index contributed by atoms with van der Waals surface area (Å²) >= 11 is 0. The zero-order valence-electron chi connectivity index (χ0n) is 14.8. The van der Waals surface area contributed by atoms with Crippen molar-refractivity contribution in [1.29, 1.82) is 0 Å². The first-order valence-electron chi connectivity index (χ1n) is 8.71. The van der Waals surface area contributed by atoms with Crippen molar-refractivity contribution >= 4 is 18.3 Å². The van der Waals surface area contributed by atoms with Crippen molar-refractivity contribution in [3.8, 4) is 0 Å². The van der Waals surface area contributed by atoms with Crippen LogP contribution >= 0.6 is 12.4 Å². The van der Waals surface area contributed by atoms with Crippen LogP contribution in [-0.4, -0.2) is 43.7 Å². The molecule has 0 bridgehead atoms. The Morgan fingerprint density at radius 3 is 2.35 bits per heavy atom. The summed E-state index contributed by atoms with van der Waals surface area (Å²) in [4.78, 5) is 15.0. The summed E-state index contributed by atoms with van der Waals surface area (Å²) in [6.07, 6.45) is 0. The third-order valence-corrected chi connectivity index (χ3v) is 4.50. The number of nitrogens with one attached hydrogen (secondary N) is 1. The Morgan fingerprint density at radius 1 is 1.08 bits per heavy atom. The van der Waals surface area contributed by atoms with Crippen LogP contribution in [-0.2, 0) is 11.3 Å². The van der Waals surface area contributed by atoms with E-state index in [1.165, 1.54) is 0 Å². The maximum atomic E-state index is 12.7. The number of morpholine rings is 1. The molecule has 0 radical (unpaired) electrons. The topological polar surface area (TPSA) is 67.6 Å². The van der Waals surface area contributed by atoms with Gasteiger partial charge < -0.3 is 15.8 Å². The number of hydrogen-bond acceptors (Lipinski definition) is 4. The lowest BCUT2D eigenvalue weighted by molar-refractivity contribution is 0.0332. The smallest absolute Gasteiger partial charge is 0.251 e. The van der Waals surface area contributed by atoms with Crippen molar-refractivity contribution in [2.45, 2.75) is 12.6 Å². The molecule has 1 unspecified atom stereocenters. The molecule has 0 saturated carbocycles. The van der Waals surface area contributed by atoms with Gasteiger partial charge in [0, 0.05) is 31.7 Å². The third-order valence-electron chi connectivity index (χ3n) is 4.50. The average Bonchev–Trinajstić information content (AvgIpc) is 2.69. The zero-order chi connectivity index (χ0) is 17.5. The Labute approximate surface area is 160 Å². The van der Waals surface area contributed by atoms with Crippen LogP contribution in [0.25, 0.3) is 0 Å². The van der Waals surface area contributed by atoms with E-state index in [4.69, 9.17) is 10.5 Å². The molecule has 1 amide bonds. The minimum atomic E-state index is -0.0642. The van der Waals surface area contributed by atoms with Gasteiger partial charge in [-0.15, -0.1) is 12.4 Å². The number of rotatable bonds is 6. The standard InChI is InChI=1S/C20H25N3O2.ClH/c21-14-16-6-8-18(9-7-16)20(24)22-19(17-4-2-1-3-5-17)15-23-10-12-25-13-11-23;/h1-9,19H,10-15,21H2,(H,22,24);1H. The van der Waals surface area contributed by atoms with Crippen LogP contribution in [0.15, 0.2) is 54.6 Å². The Kier molecular flexibility index (Phi) is 8.06. The molecular formula is C20H26ClN3O2. The summed E-state index contributed by atoms with van der Waals surface area (Å²) in [7, 11) is 0. The summed E-state index contributed by atoms with van der Waals surface area (Å²) in [5, 5.41) is 3.18. The molecule has 2 aromatic rings. The Hall–Kier alpha value is -1.92. The van der Waals surface area contributed by atoms with Crippen LogP contribution in [0.4, 0.5) is 0 Å². The molecule has 1 heterocycles. The molecule has 6 heteroatoms. The van der Waals surface area contributed by atoms with Gasteiger partial charge in [0.05, 0.1) is 19.3 Å². The van der Waals surface area contributed by atoms with Gasteiger partial charge in [-0.25, -0.2) is 0 Å². The van der Waals surface area contributed by atoms with Crippen molar-refractivity contribution in [2.24, 2.45) is 5.73 Å². The second-order valence-corrected chi connectivity index (χ2v) is 6.25. The minimum Gasteiger partial charge on any atom is -0.379 e. The lowest BCUT2D eigenvalue weighted by atomic mass is 10.0. The number of nitrogens with zero attached hydrogens (tertiary/aromatic N) is 1. The highest BCUT2D eigenvalue weighted by Gasteiger charge is 2.20. The fraction of sp³-hybridized carbons (Fsp3) is 0.350. The first kappa shape index (κ1) is 20.4. The normalized spacial score (nSPS) is 15.7. The van der Waals surface area contributed by atoms with Gasteiger partial charge in [0.25, 0.3) is 5.91 Å². The van der Waals surface area contributed by atoms with Gasteiger partial charge >= 0.3 is 0 Å². The third kappa shape index (κ3) is 5.54. The molecule has 26 heavy (non-hydrogen) atoms. The maximum absolute atomic E-state index is 12.7. The number of carbonyl (C=O) groups is 1. The summed E-state index contributed by atoms with van der Waals surface area (Å²) in [6, 6.07) is 17.5. The van der Waals surface area contributed by atoms with Gasteiger partial charge in [-0.3, -0.25) is 9.69 Å². The van der Waals surface area contributed by atoms with Crippen molar-refractivity contribution < 1.29 is 9.53 Å². The fourth-order valence-corrected chi connectivity index (χ4v) is 3.00. The van der Waals surface area contributed by atoms with E-state index in [-0.39, 0.29) is 24.4 Å². The van der Waals surface area contributed by atoms with E-state index in [2.05, 4.69) is 22.3 Å². The van der Waals surface area contributed by atoms with E-state index in [0.29, 0.717) is 12.1 Å². The number of amides is 1. The average molecular weight is 376 g/mol. The van der Waals surface area contributed by atoms with Gasteiger partial charge in [0.15, 0.2) is 0 Å². The second kappa shape index (κ2) is 10.3. The predicted molar refractivity (Wildman–Crippen MR) is 105 cm³/mol. The molecule has 1 saturated heterocycles. The summed E-state index contributed by atoms with van der Waals surface area (Å²) in [5.41, 5.74) is 8.40. The number of halogens is 1. The Bertz CT molecular complexity index is 673. The van der Waals surface area contributed by atoms with Gasteiger partial charge in [0.2, 0.25) is 0 Å². The summed E-state index contributed by atoms with van der Waals surface area (Å²) in [5.74, 6) is -0.0642. The molecule has 1 aliphatic rings. The second-order valence-electron chi connectivity index (χ2n) is 6.25. The van der Waals surface area contributed by atoms with E-state index in [1.807, 2.05) is 42.5 Å². The van der Waals surface area contributed by atoms with Crippen LogP contribution in [0.2, 0.25) is 0 Å². The highest BCUT2D eigenvalue weighted by atomic mass is 35.5. The van der Waals surface area contributed by atoms with Crippen molar-refractivity contribution in [1.82, 2.24) is 10.2 Å². The molecule has 0 aliphatic carbocycles. The highest BCUT2D eigenvalue weighted by molar-refractivity contribution is 5.94. The van der Waals surface area contributed by atoms with E-state index in [1.54, 1.807) is 0 Å². The molecule has 140 valence electrons. The first-order chi connectivity index (χ1) is 12.3. The molecule has 2 aromatic carbocycles. The van der Waals surface area contributed by atoms with Crippen molar-refractivity contribution in [2.75, 3.05) is 32.8 Å². The number of carbonyl (C=O) groups excluding carboxylic acids is 1. The largest absolute Gasteiger partial charge is 0.379 e. The number of benzene rings is 2. The SMILES string of the molecule is Cl.NCc1ccc(C(=O)NC(CN2CCOCC2)c2ccccc2)cc1. The van der Waals surface area contributed by atoms with Crippen LogP contribution in [0.5, 0.6) is 0 Å². The van der Waals surface area contributed by atoms with Crippen molar-refractivity contribution in [3.63, 3.8) is 0 Å². The molecule has 5 nitrogen and oxygen atoms in total. The van der Waals surface area contributed by atoms with Crippen molar-refractivity contribution in [3.05, 3.63) is 71.3 Å². The molecule has 3 rings (SSSR count). The Morgan fingerprint density at radius 2 is 1.73 bits per heavy atom. The van der Waals surface area contributed by atoms with Crippen LogP contribution in [0.3, 0.4) is 0 Å². The molecule has 0 aromatic heterocycles. The molecule has 3 N–H and O–H groups in total. The first-order valence-corrected chi connectivity index (χ1v) is 8.71. The van der Waals surface area contributed by atoms with Gasteiger partial charge in [-0.05, 0) is 23.3 Å². The molecular weight excluding hydrogens is 350 g/mol. The van der Waals surface area contributed by atoms with E-state index in [9.17, 15) is 4.79 Å². The molecule has 1 aliphatic heterocycles. The van der Waals surface area contributed by atoms with Crippen LogP contribution in [0, 0.1) is 0 Å². The fourth-order valence-electron chi connectivity index (χ4n) is 3.00. The number of ether oxygens (including phenoxy) is 1. The molecule has 0 spiro atoms. The predicted octanol–water partition coefficient (Wildman–Crippen LogP) is 2.37. The van der Waals surface area contributed by atoms with E-state index >= 15 is 0 Å². The quantitative estimate of drug-likeness (QED) is 0.813.